The van der Waals surface area contributed by atoms with Crippen LogP contribution in [0.4, 0.5) is 0 Å². The molecule has 0 saturated heterocycles. The highest BCUT2D eigenvalue weighted by atomic mass is 16.5. The standard InChI is InChI=1S/C18H31N3O/c1-3-4-5-6-7-8-9-10-18-17(11-16(2)13-22-18)12-21-15-19-14-20-21/h11,14-16,18H,3-10,12-13H2,1-2H3/t16-,18+/m1/s1. The summed E-state index contributed by atoms with van der Waals surface area (Å²) in [6, 6.07) is 0. The predicted octanol–water partition coefficient (Wildman–Crippen LogP) is 4.38. The van der Waals surface area contributed by atoms with Crippen LogP contribution >= 0.6 is 0 Å². The van der Waals surface area contributed by atoms with Crippen LogP contribution in [0.25, 0.3) is 0 Å². The van der Waals surface area contributed by atoms with Crippen molar-refractivity contribution >= 4 is 0 Å². The molecule has 0 unspecified atom stereocenters. The first-order valence-corrected chi connectivity index (χ1v) is 8.94. The Morgan fingerprint density at radius 2 is 1.95 bits per heavy atom. The molecule has 0 aromatic carbocycles. The first kappa shape index (κ1) is 17.2. The zero-order valence-electron chi connectivity index (χ0n) is 14.2. The minimum atomic E-state index is 0.274. The number of aromatic nitrogens is 3. The van der Waals surface area contributed by atoms with Gasteiger partial charge in [-0.15, -0.1) is 0 Å². The molecule has 0 spiro atoms. The molecule has 1 aliphatic heterocycles. The van der Waals surface area contributed by atoms with Crippen molar-refractivity contribution in [3.8, 4) is 0 Å². The van der Waals surface area contributed by atoms with Gasteiger partial charge in [0.25, 0.3) is 0 Å². The number of hydrogen-bond donors (Lipinski definition) is 0. The molecule has 4 heteroatoms. The fourth-order valence-electron chi connectivity index (χ4n) is 3.11. The lowest BCUT2D eigenvalue weighted by atomic mass is 9.96. The zero-order valence-corrected chi connectivity index (χ0v) is 14.2. The van der Waals surface area contributed by atoms with Gasteiger partial charge in [0.05, 0.1) is 19.3 Å². The van der Waals surface area contributed by atoms with Crippen molar-refractivity contribution in [2.24, 2.45) is 5.92 Å². The Hall–Kier alpha value is -1.16. The average Bonchev–Trinajstić information content (AvgIpc) is 3.01. The van der Waals surface area contributed by atoms with Gasteiger partial charge in [0.1, 0.15) is 12.7 Å². The van der Waals surface area contributed by atoms with E-state index >= 15 is 0 Å². The van der Waals surface area contributed by atoms with E-state index in [0.717, 1.165) is 19.6 Å². The Bertz CT molecular complexity index is 428. The first-order valence-electron chi connectivity index (χ1n) is 8.94. The van der Waals surface area contributed by atoms with Crippen LogP contribution in [0.3, 0.4) is 0 Å². The second-order valence-corrected chi connectivity index (χ2v) is 6.54. The molecule has 0 fully saturated rings. The Kier molecular flexibility index (Phi) is 7.64. The lowest BCUT2D eigenvalue weighted by Crippen LogP contribution is -2.27. The molecule has 0 saturated carbocycles. The van der Waals surface area contributed by atoms with Crippen molar-refractivity contribution in [1.82, 2.24) is 14.8 Å². The largest absolute Gasteiger partial charge is 0.373 e. The van der Waals surface area contributed by atoms with Crippen LogP contribution in [-0.2, 0) is 11.3 Å². The minimum absolute atomic E-state index is 0.274. The third kappa shape index (κ3) is 5.91. The van der Waals surface area contributed by atoms with Gasteiger partial charge in [-0.2, -0.15) is 5.10 Å². The molecule has 1 aromatic rings. The topological polar surface area (TPSA) is 39.9 Å². The third-order valence-corrected chi connectivity index (χ3v) is 4.35. The summed E-state index contributed by atoms with van der Waals surface area (Å²) in [5.41, 5.74) is 1.37. The van der Waals surface area contributed by atoms with E-state index in [-0.39, 0.29) is 6.10 Å². The van der Waals surface area contributed by atoms with Crippen molar-refractivity contribution in [2.45, 2.75) is 77.9 Å². The normalized spacial score (nSPS) is 21.8. The van der Waals surface area contributed by atoms with Crippen LogP contribution in [0.1, 0.15) is 65.2 Å². The highest BCUT2D eigenvalue weighted by molar-refractivity contribution is 5.12. The molecular weight excluding hydrogens is 274 g/mol. The highest BCUT2D eigenvalue weighted by Crippen LogP contribution is 2.24. The summed E-state index contributed by atoms with van der Waals surface area (Å²) in [6.07, 6.45) is 16.6. The molecule has 1 aromatic heterocycles. The van der Waals surface area contributed by atoms with E-state index in [0.29, 0.717) is 5.92 Å². The first-order chi connectivity index (χ1) is 10.8. The fourth-order valence-corrected chi connectivity index (χ4v) is 3.11. The van der Waals surface area contributed by atoms with E-state index in [1.54, 1.807) is 12.7 Å². The van der Waals surface area contributed by atoms with E-state index < -0.39 is 0 Å². The molecule has 1 aliphatic rings. The van der Waals surface area contributed by atoms with Crippen LogP contribution in [0.15, 0.2) is 24.3 Å². The third-order valence-electron chi connectivity index (χ3n) is 4.35. The molecule has 0 N–H and O–H groups in total. The second kappa shape index (κ2) is 9.78. The molecule has 0 amide bonds. The maximum atomic E-state index is 6.07. The van der Waals surface area contributed by atoms with Gasteiger partial charge in [-0.05, 0) is 17.9 Å². The minimum Gasteiger partial charge on any atom is -0.373 e. The zero-order chi connectivity index (χ0) is 15.6. The molecule has 0 aliphatic carbocycles. The summed E-state index contributed by atoms with van der Waals surface area (Å²) >= 11 is 0. The molecule has 0 radical (unpaired) electrons. The van der Waals surface area contributed by atoms with Gasteiger partial charge < -0.3 is 4.74 Å². The van der Waals surface area contributed by atoms with E-state index in [4.69, 9.17) is 4.74 Å². The second-order valence-electron chi connectivity index (χ2n) is 6.54. The SMILES string of the molecule is CCCCCCCCC[C@@H]1OC[C@H](C)C=C1Cn1cncn1. The van der Waals surface area contributed by atoms with Gasteiger partial charge in [-0.3, -0.25) is 0 Å². The van der Waals surface area contributed by atoms with Gasteiger partial charge in [0.15, 0.2) is 0 Å². The van der Waals surface area contributed by atoms with E-state index in [2.05, 4.69) is 30.0 Å². The number of nitrogens with zero attached hydrogens (tertiary/aromatic N) is 3. The van der Waals surface area contributed by atoms with Gasteiger partial charge >= 0.3 is 0 Å². The van der Waals surface area contributed by atoms with E-state index in [9.17, 15) is 0 Å². The van der Waals surface area contributed by atoms with Crippen molar-refractivity contribution < 1.29 is 4.74 Å². The number of rotatable bonds is 10. The summed E-state index contributed by atoms with van der Waals surface area (Å²) in [4.78, 5) is 4.03. The van der Waals surface area contributed by atoms with Crippen molar-refractivity contribution in [3.05, 3.63) is 24.3 Å². The van der Waals surface area contributed by atoms with Crippen LogP contribution < -0.4 is 0 Å². The maximum Gasteiger partial charge on any atom is 0.137 e. The summed E-state index contributed by atoms with van der Waals surface area (Å²) in [5.74, 6) is 0.504. The van der Waals surface area contributed by atoms with Crippen LogP contribution in [0, 0.1) is 5.92 Å². The molecule has 0 bridgehead atoms. The molecule has 2 heterocycles. The lowest BCUT2D eigenvalue weighted by Gasteiger charge is -2.28. The van der Waals surface area contributed by atoms with Crippen molar-refractivity contribution in [2.75, 3.05) is 6.61 Å². The molecule has 124 valence electrons. The van der Waals surface area contributed by atoms with Gasteiger partial charge in [0.2, 0.25) is 0 Å². The van der Waals surface area contributed by atoms with Gasteiger partial charge in [-0.1, -0.05) is 64.9 Å². The summed E-state index contributed by atoms with van der Waals surface area (Å²) in [7, 11) is 0. The van der Waals surface area contributed by atoms with Crippen LogP contribution in [0.2, 0.25) is 0 Å². The van der Waals surface area contributed by atoms with Gasteiger partial charge in [0, 0.05) is 0 Å². The predicted molar refractivity (Wildman–Crippen MR) is 89.6 cm³/mol. The van der Waals surface area contributed by atoms with Crippen molar-refractivity contribution in [1.29, 1.82) is 0 Å². The number of ether oxygens (including phenoxy) is 1. The molecule has 4 nitrogen and oxygen atoms in total. The number of unbranched alkanes of at least 4 members (excludes halogenated alkanes) is 6. The Morgan fingerprint density at radius 3 is 2.68 bits per heavy atom. The summed E-state index contributed by atoms with van der Waals surface area (Å²) in [5, 5.41) is 4.22. The smallest absolute Gasteiger partial charge is 0.137 e. The molecular formula is C18H31N3O. The lowest BCUT2D eigenvalue weighted by molar-refractivity contribution is 0.0405. The average molecular weight is 305 g/mol. The number of hydrogen-bond acceptors (Lipinski definition) is 3. The summed E-state index contributed by atoms with van der Waals surface area (Å²) in [6.45, 7) is 6.14. The maximum absolute atomic E-state index is 6.07. The molecule has 22 heavy (non-hydrogen) atoms. The Labute approximate surface area is 135 Å². The quantitative estimate of drug-likeness (QED) is 0.476. The van der Waals surface area contributed by atoms with Crippen LogP contribution in [-0.4, -0.2) is 27.5 Å². The monoisotopic (exact) mass is 305 g/mol. The fraction of sp³-hybridized carbons (Fsp3) is 0.778. The Balaban J connectivity index is 1.72. The van der Waals surface area contributed by atoms with E-state index in [1.165, 1.54) is 50.5 Å². The van der Waals surface area contributed by atoms with Crippen molar-refractivity contribution in [3.63, 3.8) is 0 Å². The molecule has 2 rings (SSSR count). The Morgan fingerprint density at radius 1 is 1.18 bits per heavy atom. The molecule has 2 atom stereocenters. The highest BCUT2D eigenvalue weighted by Gasteiger charge is 2.21. The van der Waals surface area contributed by atoms with E-state index in [1.807, 2.05) is 4.68 Å². The van der Waals surface area contributed by atoms with Crippen LogP contribution in [0.5, 0.6) is 0 Å². The summed E-state index contributed by atoms with van der Waals surface area (Å²) < 4.78 is 7.96. The van der Waals surface area contributed by atoms with Gasteiger partial charge in [-0.25, -0.2) is 9.67 Å².